The van der Waals surface area contributed by atoms with E-state index in [1.807, 2.05) is 4.90 Å². The van der Waals surface area contributed by atoms with Gasteiger partial charge in [-0.2, -0.15) is 0 Å². The topological polar surface area (TPSA) is 35.6 Å². The molecule has 2 fully saturated rings. The molecule has 120 valence electrons. The Morgan fingerprint density at radius 1 is 1.32 bits per heavy atom. The molecule has 6 heteroatoms. The van der Waals surface area contributed by atoms with Gasteiger partial charge in [-0.05, 0) is 18.6 Å². The molecule has 1 aromatic rings. The van der Waals surface area contributed by atoms with Gasteiger partial charge in [0.15, 0.2) is 0 Å². The fraction of sp³-hybridized carbons (Fsp3) is 0.562. The van der Waals surface area contributed by atoms with Crippen LogP contribution in [0.5, 0.6) is 0 Å². The van der Waals surface area contributed by atoms with E-state index in [-0.39, 0.29) is 12.3 Å². The molecule has 1 amide bonds. The number of nitrogens with one attached hydrogen (secondary N) is 1. The lowest BCUT2D eigenvalue weighted by molar-refractivity contribution is -0.129. The number of nitrogens with zero attached hydrogens (tertiary/aromatic N) is 2. The quantitative estimate of drug-likeness (QED) is 0.915. The minimum absolute atomic E-state index is 0.0374. The second kappa shape index (κ2) is 6.94. The zero-order chi connectivity index (χ0) is 15.5. The maximum atomic E-state index is 13.8. The third-order valence-electron chi connectivity index (χ3n) is 4.57. The molecule has 1 unspecified atom stereocenters. The first-order chi connectivity index (χ1) is 10.6. The second-order valence-electron chi connectivity index (χ2n) is 5.95. The van der Waals surface area contributed by atoms with Crippen molar-refractivity contribution in [1.82, 2.24) is 15.1 Å². The number of rotatable bonds is 3. The number of benzene rings is 1. The highest BCUT2D eigenvalue weighted by Gasteiger charge is 2.31. The molecule has 22 heavy (non-hydrogen) atoms. The van der Waals surface area contributed by atoms with Gasteiger partial charge in [0.05, 0.1) is 6.42 Å². The lowest BCUT2D eigenvalue weighted by atomic mass is 10.1. The largest absolute Gasteiger partial charge is 0.341 e. The molecule has 1 aromatic carbocycles. The Labute approximate surface area is 135 Å². The number of likely N-dealkylation sites (tertiary alicyclic amines) is 1. The van der Waals surface area contributed by atoms with Gasteiger partial charge in [0, 0.05) is 55.9 Å². The summed E-state index contributed by atoms with van der Waals surface area (Å²) in [5.74, 6) is -0.441. The van der Waals surface area contributed by atoms with E-state index in [4.69, 9.17) is 11.6 Å². The average molecular weight is 326 g/mol. The van der Waals surface area contributed by atoms with Gasteiger partial charge >= 0.3 is 0 Å². The number of halogens is 2. The van der Waals surface area contributed by atoms with Gasteiger partial charge in [-0.3, -0.25) is 9.69 Å². The maximum absolute atomic E-state index is 13.8. The van der Waals surface area contributed by atoms with Gasteiger partial charge in [0.1, 0.15) is 5.82 Å². The average Bonchev–Trinajstić information content (AvgIpc) is 3.02. The minimum atomic E-state index is -0.404. The van der Waals surface area contributed by atoms with E-state index in [0.29, 0.717) is 16.6 Å². The Morgan fingerprint density at radius 3 is 2.82 bits per heavy atom. The highest BCUT2D eigenvalue weighted by molar-refractivity contribution is 6.31. The van der Waals surface area contributed by atoms with Crippen molar-refractivity contribution in [3.05, 3.63) is 34.6 Å². The van der Waals surface area contributed by atoms with Crippen molar-refractivity contribution in [1.29, 1.82) is 0 Å². The zero-order valence-corrected chi connectivity index (χ0v) is 13.3. The molecular formula is C16H21ClFN3O. The number of carbonyl (C=O) groups excluding carboxylic acids is 1. The molecule has 2 heterocycles. The van der Waals surface area contributed by atoms with Crippen LogP contribution in [0.3, 0.4) is 0 Å². The smallest absolute Gasteiger partial charge is 0.227 e. The van der Waals surface area contributed by atoms with Gasteiger partial charge in [-0.25, -0.2) is 4.39 Å². The molecular weight excluding hydrogens is 305 g/mol. The van der Waals surface area contributed by atoms with Crippen LogP contribution in [0.25, 0.3) is 0 Å². The summed E-state index contributed by atoms with van der Waals surface area (Å²) in [6, 6.07) is 4.96. The highest BCUT2D eigenvalue weighted by Crippen LogP contribution is 2.22. The van der Waals surface area contributed by atoms with Gasteiger partial charge < -0.3 is 10.2 Å². The van der Waals surface area contributed by atoms with Gasteiger partial charge in [-0.15, -0.1) is 0 Å². The van der Waals surface area contributed by atoms with Crippen molar-refractivity contribution in [3.8, 4) is 0 Å². The van der Waals surface area contributed by atoms with Crippen LogP contribution < -0.4 is 5.32 Å². The summed E-state index contributed by atoms with van der Waals surface area (Å²) in [6.45, 7) is 5.58. The van der Waals surface area contributed by atoms with Gasteiger partial charge in [0.2, 0.25) is 5.91 Å². The van der Waals surface area contributed by atoms with E-state index in [9.17, 15) is 9.18 Å². The molecule has 3 rings (SSSR count). The first kappa shape index (κ1) is 15.7. The summed E-state index contributed by atoms with van der Waals surface area (Å²) in [5.41, 5.74) is 0.305. The van der Waals surface area contributed by atoms with Gasteiger partial charge in [0.25, 0.3) is 0 Å². The van der Waals surface area contributed by atoms with Crippen LogP contribution in [0.1, 0.15) is 12.0 Å². The Balaban J connectivity index is 1.59. The molecule has 0 aliphatic carbocycles. The molecule has 2 aliphatic rings. The van der Waals surface area contributed by atoms with Crippen LogP contribution in [0, 0.1) is 5.82 Å². The predicted octanol–water partition coefficient (Wildman–Crippen LogP) is 1.53. The molecule has 0 bridgehead atoms. The lowest BCUT2D eigenvalue weighted by Gasteiger charge is -2.32. The van der Waals surface area contributed by atoms with Crippen LogP contribution in [0.15, 0.2) is 18.2 Å². The number of hydrogen-bond acceptors (Lipinski definition) is 3. The van der Waals surface area contributed by atoms with E-state index in [0.717, 1.165) is 45.7 Å². The van der Waals surface area contributed by atoms with E-state index in [2.05, 4.69) is 10.2 Å². The third-order valence-corrected chi connectivity index (χ3v) is 4.93. The summed E-state index contributed by atoms with van der Waals surface area (Å²) in [7, 11) is 0. The zero-order valence-electron chi connectivity index (χ0n) is 12.5. The number of carbonyl (C=O) groups is 1. The summed E-state index contributed by atoms with van der Waals surface area (Å²) in [4.78, 5) is 16.7. The van der Waals surface area contributed by atoms with E-state index < -0.39 is 5.82 Å². The molecule has 1 atom stereocenters. The van der Waals surface area contributed by atoms with Crippen molar-refractivity contribution in [2.24, 2.45) is 0 Å². The molecule has 1 N–H and O–H groups in total. The molecule has 0 saturated carbocycles. The fourth-order valence-corrected chi connectivity index (χ4v) is 3.51. The highest BCUT2D eigenvalue weighted by atomic mass is 35.5. The van der Waals surface area contributed by atoms with Crippen molar-refractivity contribution in [2.45, 2.75) is 18.9 Å². The molecule has 0 radical (unpaired) electrons. The number of hydrogen-bond donors (Lipinski definition) is 1. The first-order valence-corrected chi connectivity index (χ1v) is 8.18. The van der Waals surface area contributed by atoms with Crippen LogP contribution in [0.2, 0.25) is 5.02 Å². The standard InChI is InChI=1S/C16H21ClFN3O/c17-14-2-1-3-15(18)13(14)10-16(22)21-7-4-12(11-21)20-8-5-19-6-9-20/h1-3,12,19H,4-11H2. The van der Waals surface area contributed by atoms with Crippen LogP contribution in [-0.4, -0.2) is 61.0 Å². The molecule has 2 saturated heterocycles. The predicted molar refractivity (Wildman–Crippen MR) is 84.5 cm³/mol. The monoisotopic (exact) mass is 325 g/mol. The molecule has 4 nitrogen and oxygen atoms in total. The minimum Gasteiger partial charge on any atom is -0.341 e. The third kappa shape index (κ3) is 3.42. The normalized spacial score (nSPS) is 23.0. The first-order valence-electron chi connectivity index (χ1n) is 7.80. The number of piperazine rings is 1. The van der Waals surface area contributed by atoms with Crippen LogP contribution in [-0.2, 0) is 11.2 Å². The summed E-state index contributed by atoms with van der Waals surface area (Å²) in [5, 5.41) is 3.66. The summed E-state index contributed by atoms with van der Waals surface area (Å²) in [6.07, 6.45) is 1.04. The SMILES string of the molecule is O=C(Cc1c(F)cccc1Cl)N1CCC(N2CCNCC2)C1. The molecule has 2 aliphatic heterocycles. The van der Waals surface area contributed by atoms with Crippen molar-refractivity contribution < 1.29 is 9.18 Å². The number of amides is 1. The fourth-order valence-electron chi connectivity index (χ4n) is 3.28. The summed E-state index contributed by atoms with van der Waals surface area (Å²) >= 11 is 6.00. The Morgan fingerprint density at radius 2 is 2.09 bits per heavy atom. The molecule has 0 spiro atoms. The Hall–Kier alpha value is -1.17. The van der Waals surface area contributed by atoms with E-state index in [1.165, 1.54) is 6.07 Å². The Kier molecular flexibility index (Phi) is 4.96. The van der Waals surface area contributed by atoms with Crippen molar-refractivity contribution in [2.75, 3.05) is 39.3 Å². The lowest BCUT2D eigenvalue weighted by Crippen LogP contribution is -2.49. The van der Waals surface area contributed by atoms with Gasteiger partial charge in [-0.1, -0.05) is 17.7 Å². The van der Waals surface area contributed by atoms with E-state index in [1.54, 1.807) is 12.1 Å². The second-order valence-corrected chi connectivity index (χ2v) is 6.35. The van der Waals surface area contributed by atoms with Crippen molar-refractivity contribution in [3.63, 3.8) is 0 Å². The maximum Gasteiger partial charge on any atom is 0.227 e. The summed E-state index contributed by atoms with van der Waals surface area (Å²) < 4.78 is 13.8. The van der Waals surface area contributed by atoms with E-state index >= 15 is 0 Å². The van der Waals surface area contributed by atoms with Crippen LogP contribution in [0.4, 0.5) is 4.39 Å². The molecule has 0 aromatic heterocycles. The Bertz CT molecular complexity index is 528. The van der Waals surface area contributed by atoms with Crippen molar-refractivity contribution >= 4 is 17.5 Å². The van der Waals surface area contributed by atoms with Crippen LogP contribution >= 0.6 is 11.6 Å².